The summed E-state index contributed by atoms with van der Waals surface area (Å²) in [7, 11) is 6.07. The van der Waals surface area contributed by atoms with Gasteiger partial charge in [-0.3, -0.25) is 0 Å². The summed E-state index contributed by atoms with van der Waals surface area (Å²) in [6.45, 7) is 35.7. The smallest absolute Gasteiger partial charge is 0.182 e. The molecular weight excluding hydrogens is 483 g/mol. The molecule has 0 aliphatic carbocycles. The SMILES string of the molecule is BNC(C)(C)C(C)COC(C)(C)CC(CC(C)(C)OCC(C)C(C)(C)NB)C(C)(C)OCC(C)C(C)(C)NB. The highest BCUT2D eigenvalue weighted by Gasteiger charge is 2.41. The first-order chi connectivity index (χ1) is 17.4. The first kappa shape index (κ1) is 39.0. The topological polar surface area (TPSA) is 63.8 Å². The van der Waals surface area contributed by atoms with E-state index in [4.69, 9.17) is 14.2 Å². The number of hydrogen-bond acceptors (Lipinski definition) is 6. The molecule has 0 aromatic rings. The standard InChI is InChI=1S/C30H68B3N3O3/c1-21(27(8,9)34-31)18-37-25(4,5)16-24(30(14,15)39-20-23(3)29(12,13)36-33)17-26(6,7)38-19-22(2)28(10,11)35-32/h21-24,34-36H,16-20,31-33H2,1-15H3. The normalized spacial score (nSPS) is 17.6. The molecule has 0 radical (unpaired) electrons. The molecular formula is C30H68B3N3O3. The van der Waals surface area contributed by atoms with E-state index in [2.05, 4.69) is 120 Å². The second-order valence-corrected chi connectivity index (χ2v) is 15.8. The fourth-order valence-corrected chi connectivity index (χ4v) is 4.39. The molecule has 0 aromatic heterocycles. The minimum atomic E-state index is -0.342. The Morgan fingerprint density at radius 1 is 0.487 bits per heavy atom. The van der Waals surface area contributed by atoms with Gasteiger partial charge in [0.15, 0.2) is 23.9 Å². The van der Waals surface area contributed by atoms with Crippen LogP contribution < -0.4 is 15.7 Å². The fourth-order valence-electron chi connectivity index (χ4n) is 4.39. The first-order valence-corrected chi connectivity index (χ1v) is 15.4. The maximum absolute atomic E-state index is 6.76. The van der Waals surface area contributed by atoms with Crippen molar-refractivity contribution in [3.63, 3.8) is 0 Å². The van der Waals surface area contributed by atoms with E-state index in [-0.39, 0.29) is 39.3 Å². The summed E-state index contributed by atoms with van der Waals surface area (Å²) in [5, 5.41) is 10.3. The molecule has 0 saturated carbocycles. The summed E-state index contributed by atoms with van der Waals surface area (Å²) >= 11 is 0. The van der Waals surface area contributed by atoms with Crippen LogP contribution in [0.1, 0.15) is 117 Å². The van der Waals surface area contributed by atoms with Gasteiger partial charge in [-0.1, -0.05) is 20.8 Å². The molecule has 0 aliphatic rings. The lowest BCUT2D eigenvalue weighted by Gasteiger charge is -2.45. The van der Waals surface area contributed by atoms with Crippen molar-refractivity contribution in [3.05, 3.63) is 0 Å². The quantitative estimate of drug-likeness (QED) is 0.202. The second kappa shape index (κ2) is 14.9. The van der Waals surface area contributed by atoms with Crippen molar-refractivity contribution in [1.29, 1.82) is 0 Å². The van der Waals surface area contributed by atoms with Crippen LogP contribution in [0.5, 0.6) is 0 Å². The molecule has 0 fully saturated rings. The maximum Gasteiger partial charge on any atom is 0.182 e. The zero-order valence-corrected chi connectivity index (χ0v) is 29.6. The van der Waals surface area contributed by atoms with Gasteiger partial charge >= 0.3 is 0 Å². The number of hydrogen-bond donors (Lipinski definition) is 3. The molecule has 0 aromatic carbocycles. The van der Waals surface area contributed by atoms with Gasteiger partial charge in [-0.05, 0) is 120 Å². The van der Waals surface area contributed by atoms with Crippen LogP contribution in [0.3, 0.4) is 0 Å². The molecule has 39 heavy (non-hydrogen) atoms. The third kappa shape index (κ3) is 13.2. The largest absolute Gasteiger partial charge is 0.375 e. The van der Waals surface area contributed by atoms with Crippen LogP contribution in [0.2, 0.25) is 0 Å². The van der Waals surface area contributed by atoms with Gasteiger partial charge < -0.3 is 29.9 Å². The summed E-state index contributed by atoms with van der Waals surface area (Å²) in [4.78, 5) is 0. The monoisotopic (exact) mass is 552 g/mol. The van der Waals surface area contributed by atoms with Crippen LogP contribution in [0.4, 0.5) is 0 Å². The van der Waals surface area contributed by atoms with Gasteiger partial charge in [0.05, 0.1) is 36.6 Å². The number of nitrogens with one attached hydrogen (secondary N) is 3. The van der Waals surface area contributed by atoms with Crippen molar-refractivity contribution in [2.75, 3.05) is 19.8 Å². The van der Waals surface area contributed by atoms with Gasteiger partial charge in [0.2, 0.25) is 0 Å². The molecule has 3 unspecified atom stereocenters. The van der Waals surface area contributed by atoms with E-state index in [0.29, 0.717) is 37.6 Å². The predicted octanol–water partition coefficient (Wildman–Crippen LogP) is 3.43. The molecule has 0 aliphatic heterocycles. The Morgan fingerprint density at radius 3 is 1.00 bits per heavy atom. The van der Waals surface area contributed by atoms with Crippen molar-refractivity contribution in [1.82, 2.24) is 15.7 Å². The minimum absolute atomic E-state index is 0.00283. The molecule has 9 heteroatoms. The van der Waals surface area contributed by atoms with E-state index in [1.54, 1.807) is 0 Å². The van der Waals surface area contributed by atoms with Crippen molar-refractivity contribution in [2.45, 2.75) is 150 Å². The lowest BCUT2D eigenvalue weighted by Crippen LogP contribution is -2.50. The Bertz CT molecular complexity index is 675. The zero-order chi connectivity index (χ0) is 31.1. The molecule has 230 valence electrons. The van der Waals surface area contributed by atoms with E-state index in [9.17, 15) is 0 Å². The summed E-state index contributed by atoms with van der Waals surface area (Å²) in [6.07, 6.45) is 1.78. The van der Waals surface area contributed by atoms with E-state index in [0.717, 1.165) is 12.8 Å². The molecule has 0 amide bonds. The average Bonchev–Trinajstić information content (AvgIpc) is 2.83. The highest BCUT2D eigenvalue weighted by atomic mass is 16.5. The molecule has 0 bridgehead atoms. The second-order valence-electron chi connectivity index (χ2n) is 15.8. The van der Waals surface area contributed by atoms with Crippen LogP contribution in [0, 0.1) is 23.7 Å². The molecule has 3 atom stereocenters. The zero-order valence-electron chi connectivity index (χ0n) is 29.6. The van der Waals surface area contributed by atoms with Crippen LogP contribution in [0.15, 0.2) is 0 Å². The Kier molecular flexibility index (Phi) is 14.9. The minimum Gasteiger partial charge on any atom is -0.375 e. The van der Waals surface area contributed by atoms with E-state index in [1.807, 2.05) is 23.9 Å². The molecule has 0 heterocycles. The third-order valence-corrected chi connectivity index (χ3v) is 10.2. The van der Waals surface area contributed by atoms with E-state index >= 15 is 0 Å². The van der Waals surface area contributed by atoms with Crippen molar-refractivity contribution < 1.29 is 14.2 Å². The average molecular weight is 551 g/mol. The fraction of sp³-hybridized carbons (Fsp3) is 1.00. The molecule has 0 saturated heterocycles. The van der Waals surface area contributed by atoms with E-state index in [1.165, 1.54) is 0 Å². The molecule has 6 nitrogen and oxygen atoms in total. The summed E-state index contributed by atoms with van der Waals surface area (Å²) in [6, 6.07) is 0. The Balaban J connectivity index is 5.83. The van der Waals surface area contributed by atoms with Crippen LogP contribution >= 0.6 is 0 Å². The summed E-state index contributed by atoms with van der Waals surface area (Å²) in [5.41, 5.74) is -0.898. The Hall–Kier alpha value is -0.0452. The molecule has 0 rings (SSSR count). The lowest BCUT2D eigenvalue weighted by molar-refractivity contribution is -0.139. The third-order valence-electron chi connectivity index (χ3n) is 10.2. The van der Waals surface area contributed by atoms with Gasteiger partial charge in [0, 0.05) is 16.6 Å². The Labute approximate surface area is 247 Å². The van der Waals surface area contributed by atoms with Gasteiger partial charge in [-0.15, -0.1) is 0 Å². The van der Waals surface area contributed by atoms with Gasteiger partial charge in [0.25, 0.3) is 0 Å². The van der Waals surface area contributed by atoms with Crippen LogP contribution in [-0.2, 0) is 14.2 Å². The van der Waals surface area contributed by atoms with Crippen molar-refractivity contribution in [3.8, 4) is 0 Å². The van der Waals surface area contributed by atoms with Crippen LogP contribution in [0.25, 0.3) is 0 Å². The van der Waals surface area contributed by atoms with Crippen LogP contribution in [-0.4, -0.2) is 77.2 Å². The van der Waals surface area contributed by atoms with Gasteiger partial charge in [-0.2, -0.15) is 0 Å². The summed E-state index contributed by atoms with van der Waals surface area (Å²) < 4.78 is 20.0. The number of rotatable bonds is 20. The summed E-state index contributed by atoms with van der Waals surface area (Å²) in [5.74, 6) is 1.37. The van der Waals surface area contributed by atoms with Crippen molar-refractivity contribution >= 4 is 23.9 Å². The predicted molar refractivity (Wildman–Crippen MR) is 178 cm³/mol. The number of ether oxygens (including phenoxy) is 3. The van der Waals surface area contributed by atoms with E-state index < -0.39 is 0 Å². The maximum atomic E-state index is 6.76. The van der Waals surface area contributed by atoms with Crippen molar-refractivity contribution in [2.24, 2.45) is 23.7 Å². The first-order valence-electron chi connectivity index (χ1n) is 15.4. The molecule has 3 N–H and O–H groups in total. The van der Waals surface area contributed by atoms with Gasteiger partial charge in [-0.25, -0.2) is 0 Å². The highest BCUT2D eigenvalue weighted by Crippen LogP contribution is 2.39. The van der Waals surface area contributed by atoms with Gasteiger partial charge in [0.1, 0.15) is 0 Å². The Morgan fingerprint density at radius 2 is 0.744 bits per heavy atom. The molecule has 0 spiro atoms. The highest BCUT2D eigenvalue weighted by molar-refractivity contribution is 6.05. The lowest BCUT2D eigenvalue weighted by atomic mass is 9.75.